The van der Waals surface area contributed by atoms with E-state index in [4.69, 9.17) is 5.26 Å². The number of aromatic nitrogens is 1. The molecule has 0 radical (unpaired) electrons. The van der Waals surface area contributed by atoms with Gasteiger partial charge in [0.15, 0.2) is 0 Å². The van der Waals surface area contributed by atoms with Crippen molar-refractivity contribution < 1.29 is 9.59 Å². The lowest BCUT2D eigenvalue weighted by Crippen LogP contribution is -2.44. The number of rotatable bonds is 5. The molecule has 0 aliphatic carbocycles. The standard InChI is InChI=1S/C18H18N4O2/c1-18(2,16(23)21-12-14-4-3-9-20-11-14)17(24)22-15-7-5-13(10-19)6-8-15/h3-9,11H,12H2,1-2H3,(H,21,23)(H,22,24). The monoisotopic (exact) mass is 322 g/mol. The number of anilines is 1. The third-order valence-electron chi connectivity index (χ3n) is 3.58. The molecule has 2 aromatic rings. The zero-order valence-corrected chi connectivity index (χ0v) is 13.5. The number of hydrogen-bond donors (Lipinski definition) is 2. The Hall–Kier alpha value is -3.20. The molecule has 6 heteroatoms. The first-order chi connectivity index (χ1) is 11.4. The molecule has 0 saturated heterocycles. The van der Waals surface area contributed by atoms with Crippen LogP contribution in [0.25, 0.3) is 0 Å². The first kappa shape index (κ1) is 17.2. The maximum atomic E-state index is 12.4. The quantitative estimate of drug-likeness (QED) is 0.825. The lowest BCUT2D eigenvalue weighted by molar-refractivity contribution is -0.138. The van der Waals surface area contributed by atoms with Crippen LogP contribution in [-0.4, -0.2) is 16.8 Å². The molecule has 2 N–H and O–H groups in total. The predicted molar refractivity (Wildman–Crippen MR) is 89.7 cm³/mol. The Morgan fingerprint density at radius 3 is 2.46 bits per heavy atom. The molecule has 1 aromatic heterocycles. The summed E-state index contributed by atoms with van der Waals surface area (Å²) in [6, 6.07) is 12.1. The van der Waals surface area contributed by atoms with Gasteiger partial charge in [-0.3, -0.25) is 14.6 Å². The summed E-state index contributed by atoms with van der Waals surface area (Å²) in [4.78, 5) is 28.7. The molecule has 0 bridgehead atoms. The number of carbonyl (C=O) groups excluding carboxylic acids is 2. The van der Waals surface area contributed by atoms with E-state index in [0.29, 0.717) is 17.8 Å². The van der Waals surface area contributed by atoms with Crippen LogP contribution in [0.15, 0.2) is 48.8 Å². The molecule has 122 valence electrons. The van der Waals surface area contributed by atoms with Crippen molar-refractivity contribution in [1.29, 1.82) is 5.26 Å². The zero-order valence-electron chi connectivity index (χ0n) is 13.5. The molecule has 0 spiro atoms. The van der Waals surface area contributed by atoms with Gasteiger partial charge in [-0.2, -0.15) is 5.26 Å². The Labute approximate surface area is 140 Å². The topological polar surface area (TPSA) is 94.9 Å². The van der Waals surface area contributed by atoms with Crippen LogP contribution in [0.3, 0.4) is 0 Å². The van der Waals surface area contributed by atoms with E-state index in [1.807, 2.05) is 12.1 Å². The van der Waals surface area contributed by atoms with Gasteiger partial charge in [0.1, 0.15) is 5.41 Å². The molecular weight excluding hydrogens is 304 g/mol. The van der Waals surface area contributed by atoms with E-state index < -0.39 is 11.3 Å². The molecule has 2 rings (SSSR count). The van der Waals surface area contributed by atoms with Gasteiger partial charge in [-0.1, -0.05) is 6.07 Å². The van der Waals surface area contributed by atoms with E-state index in [1.54, 1.807) is 56.6 Å². The smallest absolute Gasteiger partial charge is 0.239 e. The molecule has 0 aliphatic rings. The third-order valence-corrected chi connectivity index (χ3v) is 3.58. The van der Waals surface area contributed by atoms with Gasteiger partial charge in [-0.15, -0.1) is 0 Å². The molecule has 0 saturated carbocycles. The van der Waals surface area contributed by atoms with Gasteiger partial charge < -0.3 is 10.6 Å². The predicted octanol–water partition coefficient (Wildman–Crippen LogP) is 2.23. The zero-order chi connectivity index (χ0) is 17.6. The number of pyridine rings is 1. The van der Waals surface area contributed by atoms with Crippen molar-refractivity contribution in [3.05, 3.63) is 59.9 Å². The molecule has 0 atom stereocenters. The van der Waals surface area contributed by atoms with Gasteiger partial charge in [-0.05, 0) is 49.7 Å². The van der Waals surface area contributed by atoms with Crippen LogP contribution in [0.4, 0.5) is 5.69 Å². The lowest BCUT2D eigenvalue weighted by Gasteiger charge is -2.22. The summed E-state index contributed by atoms with van der Waals surface area (Å²) >= 11 is 0. The summed E-state index contributed by atoms with van der Waals surface area (Å²) in [6.07, 6.45) is 3.31. The fourth-order valence-electron chi connectivity index (χ4n) is 1.92. The van der Waals surface area contributed by atoms with Gasteiger partial charge >= 0.3 is 0 Å². The van der Waals surface area contributed by atoms with Crippen molar-refractivity contribution in [1.82, 2.24) is 10.3 Å². The number of hydrogen-bond acceptors (Lipinski definition) is 4. The van der Waals surface area contributed by atoms with Crippen LogP contribution in [0.1, 0.15) is 25.0 Å². The molecule has 24 heavy (non-hydrogen) atoms. The lowest BCUT2D eigenvalue weighted by atomic mass is 9.91. The van der Waals surface area contributed by atoms with Gasteiger partial charge in [0.2, 0.25) is 11.8 Å². The maximum Gasteiger partial charge on any atom is 0.239 e. The van der Waals surface area contributed by atoms with Crippen molar-refractivity contribution in [2.24, 2.45) is 5.41 Å². The summed E-state index contributed by atoms with van der Waals surface area (Å²) < 4.78 is 0. The molecule has 0 fully saturated rings. The average Bonchev–Trinajstić information content (AvgIpc) is 2.61. The fourth-order valence-corrected chi connectivity index (χ4v) is 1.92. The Balaban J connectivity index is 1.98. The largest absolute Gasteiger partial charge is 0.351 e. The molecule has 1 aromatic carbocycles. The number of amides is 2. The van der Waals surface area contributed by atoms with E-state index in [9.17, 15) is 9.59 Å². The first-order valence-corrected chi connectivity index (χ1v) is 7.42. The summed E-state index contributed by atoms with van der Waals surface area (Å²) in [5.74, 6) is -0.798. The summed E-state index contributed by atoms with van der Waals surface area (Å²) in [6.45, 7) is 3.43. The van der Waals surface area contributed by atoms with Gasteiger partial charge in [0.05, 0.1) is 11.6 Å². The van der Waals surface area contributed by atoms with Crippen LogP contribution >= 0.6 is 0 Å². The van der Waals surface area contributed by atoms with Crippen LogP contribution in [0.5, 0.6) is 0 Å². The summed E-state index contributed by atoms with van der Waals surface area (Å²) in [5.41, 5.74) is 0.651. The van der Waals surface area contributed by atoms with Crippen LogP contribution in [-0.2, 0) is 16.1 Å². The molecular formula is C18H18N4O2. The van der Waals surface area contributed by atoms with Crippen molar-refractivity contribution in [2.75, 3.05) is 5.32 Å². The highest BCUT2D eigenvalue weighted by atomic mass is 16.2. The molecule has 1 heterocycles. The summed E-state index contributed by atoms with van der Waals surface area (Å²) in [7, 11) is 0. The van der Waals surface area contributed by atoms with Gasteiger partial charge in [-0.25, -0.2) is 0 Å². The molecule has 6 nitrogen and oxygen atoms in total. The van der Waals surface area contributed by atoms with E-state index >= 15 is 0 Å². The van der Waals surface area contributed by atoms with E-state index in [0.717, 1.165) is 5.56 Å². The minimum Gasteiger partial charge on any atom is -0.351 e. The molecule has 0 unspecified atom stereocenters. The molecule has 0 aliphatic heterocycles. The van der Waals surface area contributed by atoms with Crippen LogP contribution < -0.4 is 10.6 Å². The number of nitrogens with zero attached hydrogens (tertiary/aromatic N) is 2. The minimum absolute atomic E-state index is 0.306. The van der Waals surface area contributed by atoms with Crippen molar-refractivity contribution in [3.8, 4) is 6.07 Å². The van der Waals surface area contributed by atoms with E-state index in [1.165, 1.54) is 0 Å². The van der Waals surface area contributed by atoms with Gasteiger partial charge in [0, 0.05) is 24.6 Å². The second-order valence-electron chi connectivity index (χ2n) is 5.81. The Kier molecular flexibility index (Phi) is 5.27. The number of carbonyl (C=O) groups is 2. The highest BCUT2D eigenvalue weighted by Crippen LogP contribution is 2.19. The number of nitriles is 1. The third kappa shape index (κ3) is 4.17. The SMILES string of the molecule is CC(C)(C(=O)NCc1cccnc1)C(=O)Nc1ccc(C#N)cc1. The van der Waals surface area contributed by atoms with Crippen molar-refractivity contribution in [3.63, 3.8) is 0 Å². The Morgan fingerprint density at radius 2 is 1.88 bits per heavy atom. The highest BCUT2D eigenvalue weighted by Gasteiger charge is 2.35. The Bertz CT molecular complexity index is 762. The number of benzene rings is 1. The fraction of sp³-hybridized carbons (Fsp3) is 0.222. The van der Waals surface area contributed by atoms with Crippen molar-refractivity contribution >= 4 is 17.5 Å². The van der Waals surface area contributed by atoms with E-state index in [2.05, 4.69) is 15.6 Å². The second-order valence-corrected chi connectivity index (χ2v) is 5.81. The first-order valence-electron chi connectivity index (χ1n) is 7.42. The molecule has 2 amide bonds. The van der Waals surface area contributed by atoms with Crippen LogP contribution in [0.2, 0.25) is 0 Å². The summed E-state index contributed by atoms with van der Waals surface area (Å²) in [5, 5.41) is 14.2. The number of nitrogens with one attached hydrogen (secondary N) is 2. The second kappa shape index (κ2) is 7.38. The highest BCUT2D eigenvalue weighted by molar-refractivity contribution is 6.09. The van der Waals surface area contributed by atoms with E-state index in [-0.39, 0.29) is 5.91 Å². The normalized spacial score (nSPS) is 10.5. The minimum atomic E-state index is -1.24. The van der Waals surface area contributed by atoms with Gasteiger partial charge in [0.25, 0.3) is 0 Å². The van der Waals surface area contributed by atoms with Crippen LogP contribution in [0, 0.1) is 16.7 Å². The maximum absolute atomic E-state index is 12.4. The average molecular weight is 322 g/mol. The Morgan fingerprint density at radius 1 is 1.17 bits per heavy atom. The van der Waals surface area contributed by atoms with Crippen molar-refractivity contribution in [2.45, 2.75) is 20.4 Å².